The summed E-state index contributed by atoms with van der Waals surface area (Å²) in [5.74, 6) is 0.808. The van der Waals surface area contributed by atoms with Crippen molar-refractivity contribution in [1.29, 1.82) is 0 Å². The van der Waals surface area contributed by atoms with Gasteiger partial charge in [-0.2, -0.15) is 0 Å². The van der Waals surface area contributed by atoms with Crippen LogP contribution in [0.25, 0.3) is 33.9 Å². The fraction of sp³-hybridized carbons (Fsp3) is 0.0435. The molecule has 0 aliphatic heterocycles. The number of hydrogen-bond acceptors (Lipinski definition) is 3. The molecule has 0 aliphatic rings. The molecule has 0 N–H and O–H groups in total. The lowest BCUT2D eigenvalue weighted by atomic mass is 10.1. The van der Waals surface area contributed by atoms with Crippen LogP contribution in [-0.4, -0.2) is 17.1 Å². The monoisotopic (exact) mass is 338 g/mol. The van der Waals surface area contributed by atoms with Crippen LogP contribution >= 0.6 is 0 Å². The normalized spacial score (nSPS) is 10.5. The van der Waals surface area contributed by atoms with Gasteiger partial charge in [0.05, 0.1) is 29.9 Å². The van der Waals surface area contributed by atoms with Crippen molar-refractivity contribution in [3.05, 3.63) is 91.0 Å². The predicted octanol–water partition coefficient (Wildman–Crippen LogP) is 5.49. The van der Waals surface area contributed by atoms with E-state index in [2.05, 4.69) is 12.1 Å². The lowest BCUT2D eigenvalue weighted by molar-refractivity contribution is 0.416. The molecule has 2 aromatic carbocycles. The number of nitrogens with zero attached hydrogens (tertiary/aromatic N) is 2. The van der Waals surface area contributed by atoms with Gasteiger partial charge in [0.15, 0.2) is 0 Å². The molecule has 0 unspecified atom stereocenters. The van der Waals surface area contributed by atoms with E-state index < -0.39 is 0 Å². The van der Waals surface area contributed by atoms with Gasteiger partial charge in [0.1, 0.15) is 5.75 Å². The van der Waals surface area contributed by atoms with Crippen molar-refractivity contribution in [1.82, 2.24) is 9.97 Å². The lowest BCUT2D eigenvalue weighted by Crippen LogP contribution is -1.93. The maximum atomic E-state index is 5.47. The van der Waals surface area contributed by atoms with Crippen LogP contribution in [0.3, 0.4) is 0 Å². The molecule has 0 atom stereocenters. The molecular formula is C23H18N2O. The van der Waals surface area contributed by atoms with Gasteiger partial charge >= 0.3 is 0 Å². The molecule has 0 bridgehead atoms. The Hall–Kier alpha value is -3.46. The summed E-state index contributed by atoms with van der Waals surface area (Å²) >= 11 is 0. The lowest BCUT2D eigenvalue weighted by Gasteiger charge is -2.09. The molecule has 0 saturated heterocycles. The zero-order valence-electron chi connectivity index (χ0n) is 14.5. The van der Waals surface area contributed by atoms with Crippen molar-refractivity contribution in [3.63, 3.8) is 0 Å². The Morgan fingerprint density at radius 3 is 1.85 bits per heavy atom. The highest BCUT2D eigenvalue weighted by molar-refractivity contribution is 5.70. The second kappa shape index (κ2) is 7.19. The van der Waals surface area contributed by atoms with E-state index in [1.165, 1.54) is 0 Å². The number of pyridine rings is 2. The van der Waals surface area contributed by atoms with Gasteiger partial charge in [-0.15, -0.1) is 0 Å². The number of hydrogen-bond donors (Lipinski definition) is 0. The molecule has 0 amide bonds. The van der Waals surface area contributed by atoms with Crippen molar-refractivity contribution >= 4 is 0 Å². The van der Waals surface area contributed by atoms with Gasteiger partial charge in [0.2, 0.25) is 0 Å². The molecule has 2 heterocycles. The van der Waals surface area contributed by atoms with Gasteiger partial charge in [-0.25, -0.2) is 9.97 Å². The summed E-state index contributed by atoms with van der Waals surface area (Å²) in [6.45, 7) is 0. The highest BCUT2D eigenvalue weighted by Gasteiger charge is 2.09. The second-order valence-electron chi connectivity index (χ2n) is 5.88. The summed E-state index contributed by atoms with van der Waals surface area (Å²) < 4.78 is 5.47. The minimum atomic E-state index is 0.808. The molecule has 0 fully saturated rings. The zero-order valence-corrected chi connectivity index (χ0v) is 14.5. The van der Waals surface area contributed by atoms with E-state index in [1.54, 1.807) is 7.11 Å². The maximum absolute atomic E-state index is 5.47. The Morgan fingerprint density at radius 1 is 0.538 bits per heavy atom. The van der Waals surface area contributed by atoms with Crippen LogP contribution in [0.4, 0.5) is 0 Å². The molecule has 0 spiro atoms. The van der Waals surface area contributed by atoms with Crippen LogP contribution in [0.1, 0.15) is 0 Å². The van der Waals surface area contributed by atoms with E-state index >= 15 is 0 Å². The Morgan fingerprint density at radius 2 is 1.12 bits per heavy atom. The summed E-state index contributed by atoms with van der Waals surface area (Å²) in [6, 6.07) is 30.1. The molecule has 4 rings (SSSR count). The van der Waals surface area contributed by atoms with Gasteiger partial charge in [-0.05, 0) is 36.4 Å². The molecule has 3 nitrogen and oxygen atoms in total. The summed E-state index contributed by atoms with van der Waals surface area (Å²) in [5, 5.41) is 0. The van der Waals surface area contributed by atoms with Gasteiger partial charge < -0.3 is 4.74 Å². The SMILES string of the molecule is COc1ccccc1-c1cccc(-c2cccc(-c3ccccc3)n2)n1. The first kappa shape index (κ1) is 16.0. The summed E-state index contributed by atoms with van der Waals surface area (Å²) in [6.07, 6.45) is 0. The Labute approximate surface area is 153 Å². The molecular weight excluding hydrogens is 320 g/mol. The third kappa shape index (κ3) is 3.20. The molecule has 2 aromatic heterocycles. The Kier molecular flexibility index (Phi) is 4.44. The molecule has 0 radical (unpaired) electrons. The molecule has 4 aromatic rings. The van der Waals surface area contributed by atoms with E-state index in [0.29, 0.717) is 0 Å². The van der Waals surface area contributed by atoms with Gasteiger partial charge in [-0.1, -0.05) is 54.6 Å². The average Bonchev–Trinajstić information content (AvgIpc) is 2.74. The largest absolute Gasteiger partial charge is 0.496 e. The first-order chi connectivity index (χ1) is 12.8. The van der Waals surface area contributed by atoms with Crippen LogP contribution in [0.15, 0.2) is 91.0 Å². The van der Waals surface area contributed by atoms with Crippen LogP contribution in [0.2, 0.25) is 0 Å². The smallest absolute Gasteiger partial charge is 0.128 e. The Bertz CT molecular complexity index is 1030. The van der Waals surface area contributed by atoms with Crippen molar-refractivity contribution in [2.75, 3.05) is 7.11 Å². The van der Waals surface area contributed by atoms with Gasteiger partial charge in [0, 0.05) is 11.1 Å². The number of benzene rings is 2. The fourth-order valence-electron chi connectivity index (χ4n) is 2.93. The Balaban J connectivity index is 1.76. The first-order valence-electron chi connectivity index (χ1n) is 8.48. The van der Waals surface area contributed by atoms with Crippen LogP contribution in [-0.2, 0) is 0 Å². The summed E-state index contributed by atoms with van der Waals surface area (Å²) in [7, 11) is 1.67. The summed E-state index contributed by atoms with van der Waals surface area (Å²) in [4.78, 5) is 9.61. The van der Waals surface area contributed by atoms with Crippen molar-refractivity contribution in [2.45, 2.75) is 0 Å². The predicted molar refractivity (Wildman–Crippen MR) is 105 cm³/mol. The van der Waals surface area contributed by atoms with E-state index in [4.69, 9.17) is 14.7 Å². The van der Waals surface area contributed by atoms with Crippen LogP contribution in [0.5, 0.6) is 5.75 Å². The second-order valence-corrected chi connectivity index (χ2v) is 5.88. The summed E-state index contributed by atoms with van der Waals surface area (Å²) in [5.41, 5.74) is 5.56. The van der Waals surface area contributed by atoms with Gasteiger partial charge in [0.25, 0.3) is 0 Å². The van der Waals surface area contributed by atoms with Crippen molar-refractivity contribution < 1.29 is 4.74 Å². The highest BCUT2D eigenvalue weighted by atomic mass is 16.5. The number of aromatic nitrogens is 2. The van der Waals surface area contributed by atoms with Crippen molar-refractivity contribution in [2.24, 2.45) is 0 Å². The molecule has 0 aliphatic carbocycles. The number of ether oxygens (including phenoxy) is 1. The minimum Gasteiger partial charge on any atom is -0.496 e. The third-order valence-electron chi connectivity index (χ3n) is 4.21. The molecule has 3 heteroatoms. The van der Waals surface area contributed by atoms with Crippen LogP contribution < -0.4 is 4.74 Å². The average molecular weight is 338 g/mol. The van der Waals surface area contributed by atoms with Gasteiger partial charge in [-0.3, -0.25) is 0 Å². The molecule has 126 valence electrons. The van der Waals surface area contributed by atoms with E-state index in [-0.39, 0.29) is 0 Å². The fourth-order valence-corrected chi connectivity index (χ4v) is 2.93. The minimum absolute atomic E-state index is 0.808. The van der Waals surface area contributed by atoms with Crippen molar-refractivity contribution in [3.8, 4) is 39.7 Å². The molecule has 0 saturated carbocycles. The highest BCUT2D eigenvalue weighted by Crippen LogP contribution is 2.30. The molecule has 26 heavy (non-hydrogen) atoms. The third-order valence-corrected chi connectivity index (χ3v) is 4.21. The number of methoxy groups -OCH3 is 1. The quantitative estimate of drug-likeness (QED) is 0.494. The topological polar surface area (TPSA) is 35.0 Å². The zero-order chi connectivity index (χ0) is 17.8. The van der Waals surface area contributed by atoms with E-state index in [0.717, 1.165) is 39.7 Å². The number of para-hydroxylation sites is 1. The maximum Gasteiger partial charge on any atom is 0.128 e. The van der Waals surface area contributed by atoms with E-state index in [9.17, 15) is 0 Å². The van der Waals surface area contributed by atoms with Crippen LogP contribution in [0, 0.1) is 0 Å². The van der Waals surface area contributed by atoms with E-state index in [1.807, 2.05) is 78.9 Å². The number of rotatable bonds is 4. The first-order valence-corrected chi connectivity index (χ1v) is 8.48. The standard InChI is InChI=1S/C23H18N2O/c1-26-23-16-6-5-11-18(23)20-13-8-15-22(25-20)21-14-7-12-19(24-21)17-9-3-2-4-10-17/h2-16H,1H3.